The quantitative estimate of drug-likeness (QED) is 0.211. The molecule has 2 atom stereocenters. The van der Waals surface area contributed by atoms with Crippen molar-refractivity contribution in [2.24, 2.45) is 11.8 Å². The fourth-order valence-corrected chi connectivity index (χ4v) is 5.35. The smallest absolute Gasteiger partial charge is 0.306 e. The number of rotatable bonds is 14. The number of carboxylic acids is 1. The van der Waals surface area contributed by atoms with Gasteiger partial charge in [-0.25, -0.2) is 8.78 Å². The number of nitrogens with one attached hydrogen (secondary N) is 2. The van der Waals surface area contributed by atoms with Crippen LogP contribution in [0.15, 0.2) is 59.9 Å². The van der Waals surface area contributed by atoms with Crippen LogP contribution in [0.4, 0.5) is 8.78 Å². The first-order valence-electron chi connectivity index (χ1n) is 15.7. The van der Waals surface area contributed by atoms with E-state index in [-0.39, 0.29) is 29.2 Å². The molecule has 0 spiro atoms. The van der Waals surface area contributed by atoms with Crippen LogP contribution >= 0.6 is 0 Å². The van der Waals surface area contributed by atoms with Gasteiger partial charge in [-0.3, -0.25) is 19.2 Å². The van der Waals surface area contributed by atoms with Crippen molar-refractivity contribution in [2.75, 3.05) is 13.1 Å². The number of aliphatic hydroxyl groups excluding tert-OH is 1. The second-order valence-electron chi connectivity index (χ2n) is 11.7. The lowest BCUT2D eigenvalue weighted by Gasteiger charge is -2.22. The lowest BCUT2D eigenvalue weighted by atomic mass is 9.86. The largest absolute Gasteiger partial charge is 0.481 e. The maximum atomic E-state index is 14.0. The number of carbonyl (C=O) groups excluding carboxylic acids is 3. The minimum Gasteiger partial charge on any atom is -0.481 e. The van der Waals surface area contributed by atoms with Crippen molar-refractivity contribution in [3.05, 3.63) is 88.3 Å². The first-order valence-corrected chi connectivity index (χ1v) is 15.7. The highest BCUT2D eigenvalue weighted by molar-refractivity contribution is 6.00. The predicted molar refractivity (Wildman–Crippen MR) is 170 cm³/mol. The second-order valence-corrected chi connectivity index (χ2v) is 11.7. The number of carbonyl (C=O) groups is 4. The van der Waals surface area contributed by atoms with Crippen molar-refractivity contribution in [2.45, 2.75) is 71.8 Å². The van der Waals surface area contributed by atoms with Gasteiger partial charge in [-0.1, -0.05) is 32.4 Å². The zero-order valence-electron chi connectivity index (χ0n) is 26.5. The monoisotopic (exact) mass is 639 g/mol. The Balaban J connectivity index is 1.78. The molecular weight excluding hydrogens is 596 g/mol. The molecular formula is C35H43F2N3O6. The summed E-state index contributed by atoms with van der Waals surface area (Å²) in [4.78, 5) is 52.3. The number of carboxylic acid groups (broad SMARTS) is 1. The van der Waals surface area contributed by atoms with Crippen LogP contribution in [-0.2, 0) is 9.59 Å². The summed E-state index contributed by atoms with van der Waals surface area (Å²) in [5, 5.41) is 25.7. The number of halogens is 2. The molecule has 0 aromatic heterocycles. The maximum absolute atomic E-state index is 14.0. The molecule has 2 aromatic rings. The third-order valence-corrected chi connectivity index (χ3v) is 7.89. The Bertz CT molecular complexity index is 1440. The maximum Gasteiger partial charge on any atom is 0.306 e. The van der Waals surface area contributed by atoms with Crippen LogP contribution in [0, 0.1) is 23.5 Å². The molecule has 3 rings (SSSR count). The van der Waals surface area contributed by atoms with Gasteiger partial charge in [-0.2, -0.15) is 0 Å². The summed E-state index contributed by atoms with van der Waals surface area (Å²) in [6, 6.07) is 8.94. The van der Waals surface area contributed by atoms with Gasteiger partial charge in [-0.15, -0.1) is 0 Å². The number of hydrogen-bond donors (Lipinski definition) is 4. The van der Waals surface area contributed by atoms with Gasteiger partial charge in [0.05, 0.1) is 12.0 Å². The van der Waals surface area contributed by atoms with Crippen LogP contribution in [0.2, 0.25) is 0 Å². The average molecular weight is 640 g/mol. The molecule has 0 unspecified atom stereocenters. The van der Waals surface area contributed by atoms with Gasteiger partial charge < -0.3 is 25.7 Å². The predicted octanol–water partition coefficient (Wildman–Crippen LogP) is 5.66. The molecule has 0 radical (unpaired) electrons. The van der Waals surface area contributed by atoms with E-state index in [0.717, 1.165) is 30.5 Å². The van der Waals surface area contributed by atoms with E-state index < -0.39 is 47.4 Å². The molecule has 11 heteroatoms. The molecule has 0 aliphatic heterocycles. The fraction of sp³-hybridized carbons (Fsp3) is 0.429. The Labute approximate surface area is 268 Å². The summed E-state index contributed by atoms with van der Waals surface area (Å²) in [5.74, 6) is -4.93. The number of benzene rings is 2. The van der Waals surface area contributed by atoms with E-state index in [4.69, 9.17) is 0 Å². The zero-order chi connectivity index (χ0) is 33.8. The van der Waals surface area contributed by atoms with Crippen LogP contribution in [0.25, 0.3) is 6.08 Å². The van der Waals surface area contributed by atoms with Gasteiger partial charge >= 0.3 is 5.97 Å². The Hall–Kier alpha value is -4.38. The van der Waals surface area contributed by atoms with Crippen LogP contribution in [0.1, 0.15) is 92.0 Å². The second kappa shape index (κ2) is 17.4. The van der Waals surface area contributed by atoms with Crippen molar-refractivity contribution in [3.8, 4) is 0 Å². The molecule has 0 saturated heterocycles. The molecule has 3 amide bonds. The zero-order valence-corrected chi connectivity index (χ0v) is 26.5. The van der Waals surface area contributed by atoms with Gasteiger partial charge in [0, 0.05) is 48.1 Å². The topological polar surface area (TPSA) is 136 Å². The molecule has 1 saturated carbocycles. The molecule has 1 aliphatic carbocycles. The van der Waals surface area contributed by atoms with Crippen molar-refractivity contribution in [3.63, 3.8) is 0 Å². The van der Waals surface area contributed by atoms with E-state index in [1.165, 1.54) is 18.2 Å². The highest BCUT2D eigenvalue weighted by atomic mass is 19.1. The van der Waals surface area contributed by atoms with E-state index in [1.54, 1.807) is 30.2 Å². The first-order chi connectivity index (χ1) is 21.9. The fourth-order valence-electron chi connectivity index (χ4n) is 5.35. The van der Waals surface area contributed by atoms with E-state index in [0.29, 0.717) is 50.4 Å². The van der Waals surface area contributed by atoms with E-state index >= 15 is 0 Å². The molecule has 0 heterocycles. The van der Waals surface area contributed by atoms with Gasteiger partial charge in [0.2, 0.25) is 5.91 Å². The number of aliphatic hydroxyl groups is 1. The number of hydrogen-bond acceptors (Lipinski definition) is 5. The Morgan fingerprint density at radius 1 is 0.978 bits per heavy atom. The van der Waals surface area contributed by atoms with Crippen LogP contribution < -0.4 is 10.6 Å². The number of allylic oxidation sites excluding steroid dienone is 1. The summed E-state index contributed by atoms with van der Waals surface area (Å²) in [6.45, 7) is 6.67. The highest BCUT2D eigenvalue weighted by Crippen LogP contribution is 2.28. The van der Waals surface area contributed by atoms with E-state index in [9.17, 15) is 38.2 Å². The molecule has 4 N–H and O–H groups in total. The number of aliphatic carboxylic acids is 1. The molecule has 1 aliphatic rings. The minimum atomic E-state index is -1.41. The summed E-state index contributed by atoms with van der Waals surface area (Å²) < 4.78 is 27.9. The summed E-state index contributed by atoms with van der Waals surface area (Å²) in [5.41, 5.74) is 1.34. The summed E-state index contributed by atoms with van der Waals surface area (Å²) in [7, 11) is 0. The Morgan fingerprint density at radius 2 is 1.59 bits per heavy atom. The lowest BCUT2D eigenvalue weighted by Crippen LogP contribution is -2.34. The number of nitrogens with zero attached hydrogens (tertiary/aromatic N) is 1. The van der Waals surface area contributed by atoms with Crippen LogP contribution in [0.5, 0.6) is 0 Å². The van der Waals surface area contributed by atoms with Gasteiger partial charge in [0.15, 0.2) is 0 Å². The molecule has 9 nitrogen and oxygen atoms in total. The van der Waals surface area contributed by atoms with Crippen molar-refractivity contribution >= 4 is 29.8 Å². The Morgan fingerprint density at radius 3 is 2.17 bits per heavy atom. The third kappa shape index (κ3) is 10.6. The molecule has 248 valence electrons. The van der Waals surface area contributed by atoms with Crippen LogP contribution in [-0.4, -0.2) is 58.0 Å². The molecule has 1 fully saturated rings. The number of amides is 3. The normalized spacial score (nSPS) is 16.3. The highest BCUT2D eigenvalue weighted by Gasteiger charge is 2.25. The first kappa shape index (κ1) is 36.1. The van der Waals surface area contributed by atoms with Crippen molar-refractivity contribution in [1.29, 1.82) is 0 Å². The molecule has 2 aromatic carbocycles. The van der Waals surface area contributed by atoms with Crippen molar-refractivity contribution < 1.29 is 38.2 Å². The third-order valence-electron chi connectivity index (χ3n) is 7.89. The van der Waals surface area contributed by atoms with Crippen molar-refractivity contribution in [1.82, 2.24) is 15.5 Å². The molecule has 0 bridgehead atoms. The minimum absolute atomic E-state index is 0.0457. The van der Waals surface area contributed by atoms with E-state index in [2.05, 4.69) is 10.6 Å². The average Bonchev–Trinajstić information content (AvgIpc) is 3.02. The van der Waals surface area contributed by atoms with Gasteiger partial charge in [-0.05, 0) is 86.9 Å². The lowest BCUT2D eigenvalue weighted by molar-refractivity contribution is -0.142. The SMILES string of the molecule is CCCN(CCC)C(=O)c1cccc(C(=O)N/C(=C/c2cc(F)cc(F)c2)[C@@H](O)C[C@@H](C)C(=O)NC=C2CCC(C(=O)O)CC2)c1. The summed E-state index contributed by atoms with van der Waals surface area (Å²) >= 11 is 0. The standard InChI is InChI=1S/C35H43F2N3O6/c1-4-13-40(14-5-2)34(44)27-8-6-7-26(19-27)33(43)39-30(18-24-16-28(36)20-29(37)17-24)31(41)15-22(3)32(42)38-21-23-9-11-25(12-10-23)35(45)46/h6-8,16-22,25,31,41H,4-5,9-15H2,1-3H3,(H,38,42)(H,39,43)(H,45,46)/b23-21?,30-18+/t22-,25?,31+/m1/s1. The van der Waals surface area contributed by atoms with Gasteiger partial charge in [0.25, 0.3) is 11.8 Å². The molecule has 46 heavy (non-hydrogen) atoms. The van der Waals surface area contributed by atoms with Gasteiger partial charge in [0.1, 0.15) is 11.6 Å². The van der Waals surface area contributed by atoms with E-state index in [1.807, 2.05) is 13.8 Å². The van der Waals surface area contributed by atoms with Crippen LogP contribution in [0.3, 0.4) is 0 Å². The summed E-state index contributed by atoms with van der Waals surface area (Å²) in [6.07, 6.45) is 4.91. The Kier molecular flexibility index (Phi) is 13.6.